The summed E-state index contributed by atoms with van der Waals surface area (Å²) < 4.78 is 5.07. The van der Waals surface area contributed by atoms with Crippen LogP contribution in [0.4, 0.5) is 16.6 Å². The summed E-state index contributed by atoms with van der Waals surface area (Å²) in [6, 6.07) is 1.98. The Hall–Kier alpha value is -2.58. The first-order chi connectivity index (χ1) is 13.0. The van der Waals surface area contributed by atoms with E-state index in [0.717, 1.165) is 24.6 Å². The van der Waals surface area contributed by atoms with Crippen molar-refractivity contribution in [1.29, 1.82) is 0 Å². The quantitative estimate of drug-likeness (QED) is 0.769. The van der Waals surface area contributed by atoms with Crippen LogP contribution in [0.5, 0.6) is 0 Å². The number of aryl methyl sites for hydroxylation is 1. The number of ether oxygens (including phenoxy) is 1. The summed E-state index contributed by atoms with van der Waals surface area (Å²) in [7, 11) is 0. The third-order valence-corrected chi connectivity index (χ3v) is 4.97. The summed E-state index contributed by atoms with van der Waals surface area (Å²) in [5.74, 6) is 1.70. The van der Waals surface area contributed by atoms with Gasteiger partial charge in [0.25, 0.3) is 0 Å². The van der Waals surface area contributed by atoms with E-state index in [1.165, 1.54) is 0 Å². The van der Waals surface area contributed by atoms with Crippen LogP contribution in [0.2, 0.25) is 0 Å². The molecule has 0 unspecified atom stereocenters. The predicted octanol–water partition coefficient (Wildman–Crippen LogP) is 0.732. The number of amides is 2. The highest BCUT2D eigenvalue weighted by Gasteiger charge is 2.25. The second-order valence-electron chi connectivity index (χ2n) is 6.83. The molecule has 0 saturated carbocycles. The summed E-state index contributed by atoms with van der Waals surface area (Å²) >= 11 is 0. The van der Waals surface area contributed by atoms with Gasteiger partial charge in [0, 0.05) is 71.0 Å². The summed E-state index contributed by atoms with van der Waals surface area (Å²) in [4.78, 5) is 40.6. The lowest BCUT2D eigenvalue weighted by Gasteiger charge is -2.36. The molecule has 2 amide bonds. The van der Waals surface area contributed by atoms with E-state index in [4.69, 9.17) is 9.72 Å². The van der Waals surface area contributed by atoms with Gasteiger partial charge in [0.15, 0.2) is 0 Å². The van der Waals surface area contributed by atoms with E-state index in [1.807, 2.05) is 24.8 Å². The highest BCUT2D eigenvalue weighted by atomic mass is 16.6. The van der Waals surface area contributed by atoms with E-state index >= 15 is 0 Å². The Labute approximate surface area is 159 Å². The maximum atomic E-state index is 11.9. The van der Waals surface area contributed by atoms with E-state index in [2.05, 4.69) is 14.8 Å². The summed E-state index contributed by atoms with van der Waals surface area (Å²) in [6.45, 7) is 11.3. The third kappa shape index (κ3) is 4.58. The van der Waals surface area contributed by atoms with Crippen molar-refractivity contribution in [3.8, 4) is 0 Å². The normalized spacial score (nSPS) is 17.9. The van der Waals surface area contributed by atoms with Gasteiger partial charge in [-0.3, -0.25) is 4.79 Å². The van der Waals surface area contributed by atoms with E-state index in [9.17, 15) is 9.59 Å². The Morgan fingerprint density at radius 3 is 2.15 bits per heavy atom. The smallest absolute Gasteiger partial charge is 0.409 e. The Morgan fingerprint density at radius 2 is 1.56 bits per heavy atom. The number of piperazine rings is 2. The number of rotatable bonds is 3. The van der Waals surface area contributed by atoms with Crippen molar-refractivity contribution in [2.75, 3.05) is 68.8 Å². The molecule has 0 aromatic carbocycles. The molecule has 0 aliphatic carbocycles. The van der Waals surface area contributed by atoms with Crippen LogP contribution in [0.3, 0.4) is 0 Å². The monoisotopic (exact) mass is 376 g/mol. The van der Waals surface area contributed by atoms with Gasteiger partial charge in [-0.1, -0.05) is 0 Å². The van der Waals surface area contributed by atoms with Gasteiger partial charge in [-0.05, 0) is 13.8 Å². The Bertz CT molecular complexity index is 682. The molecule has 0 spiro atoms. The fraction of sp³-hybridized carbons (Fsp3) is 0.667. The van der Waals surface area contributed by atoms with Gasteiger partial charge in [-0.2, -0.15) is 4.98 Å². The van der Waals surface area contributed by atoms with Crippen molar-refractivity contribution in [1.82, 2.24) is 19.8 Å². The molecule has 0 bridgehead atoms. The van der Waals surface area contributed by atoms with Crippen LogP contribution < -0.4 is 9.80 Å². The lowest BCUT2D eigenvalue weighted by atomic mass is 10.3. The SMILES string of the molecule is CCOC(=O)N1CCN(c2cc(C)nc(N3CCN(C(C)=O)CC3)n2)CC1. The zero-order valence-electron chi connectivity index (χ0n) is 16.3. The number of nitrogens with zero attached hydrogens (tertiary/aromatic N) is 6. The molecule has 148 valence electrons. The maximum Gasteiger partial charge on any atom is 0.409 e. The van der Waals surface area contributed by atoms with E-state index in [0.29, 0.717) is 51.8 Å². The zero-order chi connectivity index (χ0) is 19.4. The van der Waals surface area contributed by atoms with Crippen molar-refractivity contribution in [3.63, 3.8) is 0 Å². The van der Waals surface area contributed by atoms with Crippen molar-refractivity contribution in [2.45, 2.75) is 20.8 Å². The molecule has 1 aromatic heterocycles. The average molecular weight is 376 g/mol. The number of hydrogen-bond donors (Lipinski definition) is 0. The van der Waals surface area contributed by atoms with Crippen LogP contribution in [0.15, 0.2) is 6.07 Å². The number of aromatic nitrogens is 2. The van der Waals surface area contributed by atoms with Gasteiger partial charge in [0.1, 0.15) is 5.82 Å². The van der Waals surface area contributed by atoms with Crippen LogP contribution in [-0.2, 0) is 9.53 Å². The van der Waals surface area contributed by atoms with Crippen LogP contribution in [0.25, 0.3) is 0 Å². The van der Waals surface area contributed by atoms with Crippen LogP contribution in [-0.4, -0.2) is 90.7 Å². The highest BCUT2D eigenvalue weighted by molar-refractivity contribution is 5.73. The molecular weight excluding hydrogens is 348 g/mol. The number of hydrogen-bond acceptors (Lipinski definition) is 7. The molecule has 0 atom stereocenters. The van der Waals surface area contributed by atoms with E-state index in [-0.39, 0.29) is 12.0 Å². The average Bonchev–Trinajstić information content (AvgIpc) is 2.68. The highest BCUT2D eigenvalue weighted by Crippen LogP contribution is 2.20. The molecule has 0 N–H and O–H groups in total. The second-order valence-corrected chi connectivity index (χ2v) is 6.83. The molecular formula is C18H28N6O3. The first-order valence-electron chi connectivity index (χ1n) is 9.50. The Morgan fingerprint density at radius 1 is 0.963 bits per heavy atom. The van der Waals surface area contributed by atoms with Gasteiger partial charge >= 0.3 is 6.09 Å². The predicted molar refractivity (Wildman–Crippen MR) is 102 cm³/mol. The molecule has 9 heteroatoms. The molecule has 3 heterocycles. The molecule has 27 heavy (non-hydrogen) atoms. The minimum absolute atomic E-state index is 0.111. The Balaban J connectivity index is 1.64. The fourth-order valence-corrected chi connectivity index (χ4v) is 3.39. The van der Waals surface area contributed by atoms with E-state index < -0.39 is 0 Å². The van der Waals surface area contributed by atoms with Gasteiger partial charge in [0.2, 0.25) is 11.9 Å². The second kappa shape index (κ2) is 8.41. The van der Waals surface area contributed by atoms with E-state index in [1.54, 1.807) is 11.8 Å². The maximum absolute atomic E-state index is 11.9. The van der Waals surface area contributed by atoms with Crippen molar-refractivity contribution >= 4 is 23.8 Å². The van der Waals surface area contributed by atoms with Crippen LogP contribution >= 0.6 is 0 Å². The van der Waals surface area contributed by atoms with Gasteiger partial charge < -0.3 is 24.3 Å². The molecule has 2 aliphatic rings. The van der Waals surface area contributed by atoms with Crippen LogP contribution in [0.1, 0.15) is 19.5 Å². The first-order valence-corrected chi connectivity index (χ1v) is 9.50. The summed E-state index contributed by atoms with van der Waals surface area (Å²) in [6.07, 6.45) is -0.250. The van der Waals surface area contributed by atoms with Crippen LogP contribution in [0, 0.1) is 6.92 Å². The van der Waals surface area contributed by atoms with Crippen molar-refractivity contribution in [3.05, 3.63) is 11.8 Å². The number of anilines is 2. The lowest BCUT2D eigenvalue weighted by molar-refractivity contribution is -0.129. The minimum atomic E-state index is -0.250. The van der Waals surface area contributed by atoms with Crippen molar-refractivity contribution < 1.29 is 14.3 Å². The minimum Gasteiger partial charge on any atom is -0.450 e. The van der Waals surface area contributed by atoms with Gasteiger partial charge in [0.05, 0.1) is 6.61 Å². The topological polar surface area (TPSA) is 82.1 Å². The summed E-state index contributed by atoms with van der Waals surface area (Å²) in [5.41, 5.74) is 0.914. The molecule has 0 radical (unpaired) electrons. The summed E-state index contributed by atoms with van der Waals surface area (Å²) in [5, 5.41) is 0. The molecule has 1 aromatic rings. The van der Waals surface area contributed by atoms with Gasteiger partial charge in [-0.25, -0.2) is 9.78 Å². The molecule has 2 aliphatic heterocycles. The first kappa shape index (κ1) is 19.2. The lowest BCUT2D eigenvalue weighted by Crippen LogP contribution is -2.50. The largest absolute Gasteiger partial charge is 0.450 e. The number of carbonyl (C=O) groups is 2. The van der Waals surface area contributed by atoms with Crippen molar-refractivity contribution in [2.24, 2.45) is 0 Å². The standard InChI is InChI=1S/C18H28N6O3/c1-4-27-18(26)24-11-7-22(8-12-24)16-13-14(2)19-17(20-16)23-9-5-21(6-10-23)15(3)25/h13H,4-12H2,1-3H3. The zero-order valence-corrected chi connectivity index (χ0v) is 16.3. The molecule has 3 rings (SSSR count). The Kier molecular flexibility index (Phi) is 5.98. The fourth-order valence-electron chi connectivity index (χ4n) is 3.39. The molecule has 9 nitrogen and oxygen atoms in total. The molecule has 2 fully saturated rings. The molecule has 2 saturated heterocycles. The number of carbonyl (C=O) groups excluding carboxylic acids is 2. The third-order valence-electron chi connectivity index (χ3n) is 4.97. The van der Waals surface area contributed by atoms with Gasteiger partial charge in [-0.15, -0.1) is 0 Å².